The van der Waals surface area contributed by atoms with Crippen LogP contribution in [0.1, 0.15) is 49.0 Å². The first-order chi connectivity index (χ1) is 10.7. The summed E-state index contributed by atoms with van der Waals surface area (Å²) >= 11 is 6.08. The van der Waals surface area contributed by atoms with Crippen LogP contribution in [0.5, 0.6) is 5.75 Å². The van der Waals surface area contributed by atoms with Crippen molar-refractivity contribution in [2.45, 2.75) is 50.2 Å². The number of ketones is 1. The van der Waals surface area contributed by atoms with Gasteiger partial charge in [-0.2, -0.15) is 0 Å². The average Bonchev–Trinajstić information content (AvgIpc) is 2.44. The van der Waals surface area contributed by atoms with E-state index < -0.39 is 18.0 Å². The predicted octanol–water partition coefficient (Wildman–Crippen LogP) is 2.93. The summed E-state index contributed by atoms with van der Waals surface area (Å²) < 4.78 is 5.38. The summed E-state index contributed by atoms with van der Waals surface area (Å²) in [5, 5.41) is 19.3. The fourth-order valence-corrected chi connectivity index (χ4v) is 2.75. The number of aromatic carboxylic acids is 1. The third-order valence-electron chi connectivity index (χ3n) is 3.94. The van der Waals surface area contributed by atoms with Gasteiger partial charge in [-0.1, -0.05) is 12.1 Å². The van der Waals surface area contributed by atoms with Crippen molar-refractivity contribution >= 4 is 30.5 Å². The van der Waals surface area contributed by atoms with Crippen molar-refractivity contribution in [3.05, 3.63) is 29.3 Å². The minimum absolute atomic E-state index is 0.0178. The zero-order valence-corrected chi connectivity index (χ0v) is 14.0. The van der Waals surface area contributed by atoms with Gasteiger partial charge in [0.2, 0.25) is 0 Å². The lowest BCUT2D eigenvalue weighted by atomic mass is 9.64. The van der Waals surface area contributed by atoms with Crippen molar-refractivity contribution in [3.8, 4) is 5.75 Å². The lowest BCUT2D eigenvalue weighted by Gasteiger charge is -2.28. The van der Waals surface area contributed by atoms with Gasteiger partial charge in [0.1, 0.15) is 11.5 Å². The first-order valence-corrected chi connectivity index (χ1v) is 7.95. The van der Waals surface area contributed by atoms with Crippen LogP contribution < -0.4 is 4.65 Å². The number of carbonyl (C=O) groups excluding carboxylic acids is 1. The van der Waals surface area contributed by atoms with Crippen molar-refractivity contribution < 1.29 is 24.4 Å². The number of hydrogen-bond acceptors (Lipinski definition) is 4. The van der Waals surface area contributed by atoms with Crippen molar-refractivity contribution in [3.63, 3.8) is 0 Å². The van der Waals surface area contributed by atoms with E-state index in [4.69, 9.17) is 21.4 Å². The van der Waals surface area contributed by atoms with Crippen LogP contribution in [-0.4, -0.2) is 33.9 Å². The van der Waals surface area contributed by atoms with Crippen LogP contribution in [0.25, 0.3) is 0 Å². The van der Waals surface area contributed by atoms with E-state index in [1.165, 1.54) is 6.07 Å². The quantitative estimate of drug-likeness (QED) is 0.615. The summed E-state index contributed by atoms with van der Waals surface area (Å²) in [5.41, 5.74) is 0.723. The number of benzene rings is 1. The molecule has 1 aromatic rings. The molecule has 0 amide bonds. The first kappa shape index (κ1) is 17.8. The predicted molar refractivity (Wildman–Crippen MR) is 88.2 cm³/mol. The Kier molecular flexibility index (Phi) is 5.37. The molecule has 1 atom stereocenters. The molecule has 1 aromatic carbocycles. The summed E-state index contributed by atoms with van der Waals surface area (Å²) in [5.74, 6) is -1.27. The highest BCUT2D eigenvalue weighted by atomic mass is 35.5. The Morgan fingerprint density at radius 1 is 1.43 bits per heavy atom. The van der Waals surface area contributed by atoms with Crippen molar-refractivity contribution in [2.75, 3.05) is 0 Å². The van der Waals surface area contributed by atoms with E-state index in [2.05, 4.69) is 0 Å². The molecule has 1 aliphatic rings. The number of fused-ring (bicyclic) bond motifs is 1. The average molecular weight is 339 g/mol. The minimum atomic E-state index is -1.18. The Labute approximate surface area is 140 Å². The largest absolute Gasteiger partial charge is 0.535 e. The molecule has 23 heavy (non-hydrogen) atoms. The van der Waals surface area contributed by atoms with Gasteiger partial charge in [-0.15, -0.1) is 11.6 Å². The Balaban J connectivity index is 2.06. The highest BCUT2D eigenvalue weighted by molar-refractivity contribution is 6.47. The van der Waals surface area contributed by atoms with E-state index in [0.717, 1.165) is 0 Å². The molecule has 0 radical (unpaired) electrons. The second-order valence-corrected chi connectivity index (χ2v) is 7.56. The van der Waals surface area contributed by atoms with Gasteiger partial charge < -0.3 is 14.8 Å². The van der Waals surface area contributed by atoms with E-state index in [0.29, 0.717) is 24.8 Å². The number of carbonyl (C=O) groups is 2. The molecule has 1 aliphatic heterocycles. The van der Waals surface area contributed by atoms with Crippen molar-refractivity contribution in [1.82, 2.24) is 0 Å². The molecule has 0 bridgehead atoms. The van der Waals surface area contributed by atoms with Gasteiger partial charge in [0, 0.05) is 23.5 Å². The fraction of sp³-hybridized carbons (Fsp3) is 0.500. The van der Waals surface area contributed by atoms with Gasteiger partial charge in [-0.25, -0.2) is 4.79 Å². The van der Waals surface area contributed by atoms with Crippen LogP contribution in [0.2, 0.25) is 5.82 Å². The molecule has 7 heteroatoms. The topological polar surface area (TPSA) is 83.8 Å². The highest BCUT2D eigenvalue weighted by Gasteiger charge is 2.37. The maximum Gasteiger partial charge on any atom is 0.526 e. The van der Waals surface area contributed by atoms with E-state index >= 15 is 0 Å². The zero-order valence-electron chi connectivity index (χ0n) is 13.2. The van der Waals surface area contributed by atoms with Crippen LogP contribution >= 0.6 is 11.6 Å². The standard InChI is InChI=1S/C16H20BClO5/c1-16(2,18)7-6-12(19)9-11-8-10-4-3-5-13(15(20)21)14(10)23-17(11)22/h3-5,11,22H,6-9H2,1-2H3,(H,20,21)/t11-/m1/s1. The monoisotopic (exact) mass is 338 g/mol. The van der Waals surface area contributed by atoms with Crippen LogP contribution in [-0.2, 0) is 11.2 Å². The number of carboxylic acid groups (broad SMARTS) is 1. The summed E-state index contributed by atoms with van der Waals surface area (Å²) in [7, 11) is -1.18. The number of rotatable bonds is 6. The number of alkyl halides is 1. The molecule has 1 heterocycles. The van der Waals surface area contributed by atoms with E-state index in [1.807, 2.05) is 13.8 Å². The molecule has 0 aliphatic carbocycles. The molecule has 0 fully saturated rings. The molecule has 5 nitrogen and oxygen atoms in total. The van der Waals surface area contributed by atoms with Gasteiger partial charge in [0.25, 0.3) is 0 Å². The molecule has 0 saturated carbocycles. The first-order valence-electron chi connectivity index (χ1n) is 7.58. The molecular formula is C16H20BClO5. The molecule has 0 unspecified atom stereocenters. The number of carboxylic acids is 1. The normalized spacial score (nSPS) is 17.4. The SMILES string of the molecule is CC(C)(Cl)CCC(=O)C[C@H]1Cc2cccc(C(=O)O)c2OB1O. The Hall–Kier alpha value is -1.53. The summed E-state index contributed by atoms with van der Waals surface area (Å²) in [6.07, 6.45) is 1.51. The van der Waals surface area contributed by atoms with Gasteiger partial charge in [-0.3, -0.25) is 4.79 Å². The maximum absolute atomic E-state index is 12.1. The third-order valence-corrected chi connectivity index (χ3v) is 4.13. The highest BCUT2D eigenvalue weighted by Crippen LogP contribution is 2.36. The van der Waals surface area contributed by atoms with Gasteiger partial charge in [0.05, 0.1) is 5.56 Å². The summed E-state index contributed by atoms with van der Waals surface area (Å²) in [4.78, 5) is 22.8. The zero-order chi connectivity index (χ0) is 17.2. The Bertz CT molecular complexity index is 611. The number of hydrogen-bond donors (Lipinski definition) is 2. The number of halogens is 1. The smallest absolute Gasteiger partial charge is 0.526 e. The van der Waals surface area contributed by atoms with E-state index in [1.54, 1.807) is 12.1 Å². The molecule has 0 saturated heterocycles. The maximum atomic E-state index is 12.1. The lowest BCUT2D eigenvalue weighted by molar-refractivity contribution is -0.119. The molecule has 0 aromatic heterocycles. The second-order valence-electron chi connectivity index (χ2n) is 6.53. The van der Waals surface area contributed by atoms with Crippen molar-refractivity contribution in [1.29, 1.82) is 0 Å². The Morgan fingerprint density at radius 3 is 2.74 bits per heavy atom. The Morgan fingerprint density at radius 2 is 2.13 bits per heavy atom. The molecule has 2 rings (SSSR count). The third kappa shape index (κ3) is 4.72. The van der Waals surface area contributed by atoms with Gasteiger partial charge in [0.15, 0.2) is 0 Å². The van der Waals surface area contributed by atoms with E-state index in [9.17, 15) is 14.6 Å². The molecule has 124 valence electrons. The van der Waals surface area contributed by atoms with Crippen molar-refractivity contribution in [2.24, 2.45) is 0 Å². The molecule has 2 N–H and O–H groups in total. The number of Topliss-reactive ketones (excluding diaryl/α,β-unsaturated/α-hetero) is 1. The summed E-state index contributed by atoms with van der Waals surface area (Å²) in [6.45, 7) is 3.70. The van der Waals surface area contributed by atoms with Gasteiger partial charge in [-0.05, 0) is 38.3 Å². The molecule has 0 spiro atoms. The van der Waals surface area contributed by atoms with Crippen LogP contribution in [0.15, 0.2) is 18.2 Å². The fourth-order valence-electron chi connectivity index (χ4n) is 2.66. The lowest BCUT2D eigenvalue weighted by Crippen LogP contribution is -2.36. The molecular weight excluding hydrogens is 318 g/mol. The van der Waals surface area contributed by atoms with E-state index in [-0.39, 0.29) is 29.3 Å². The second kappa shape index (κ2) is 6.93. The summed E-state index contributed by atoms with van der Waals surface area (Å²) in [6, 6.07) is 4.83. The van der Waals surface area contributed by atoms with Crippen LogP contribution in [0.4, 0.5) is 0 Å². The minimum Gasteiger partial charge on any atom is -0.535 e. The van der Waals surface area contributed by atoms with Gasteiger partial charge >= 0.3 is 13.1 Å². The van der Waals surface area contributed by atoms with Crippen LogP contribution in [0.3, 0.4) is 0 Å². The van der Waals surface area contributed by atoms with Crippen LogP contribution in [0, 0.1) is 0 Å². The number of para-hydroxylation sites is 1.